The number of carbonyl (C=O) groups excluding carboxylic acids is 1. The van der Waals surface area contributed by atoms with E-state index in [-0.39, 0.29) is 4.90 Å². The van der Waals surface area contributed by atoms with Gasteiger partial charge in [-0.1, -0.05) is 6.07 Å². The summed E-state index contributed by atoms with van der Waals surface area (Å²) in [5.41, 5.74) is 6.78. The lowest BCUT2D eigenvalue weighted by molar-refractivity contribution is 0.100. The van der Waals surface area contributed by atoms with Gasteiger partial charge in [-0.15, -0.1) is 11.3 Å². The molecular weight excluding hydrogens is 336 g/mol. The van der Waals surface area contributed by atoms with Crippen molar-refractivity contribution in [2.24, 2.45) is 10.9 Å². The largest absolute Gasteiger partial charge is 0.365 e. The quantitative estimate of drug-likeness (QED) is 0.739. The van der Waals surface area contributed by atoms with Crippen molar-refractivity contribution in [2.45, 2.75) is 4.90 Å². The predicted octanol–water partition coefficient (Wildman–Crippen LogP) is 1.35. The number of nitrogens with zero attached hydrogens (tertiary/aromatic N) is 2. The minimum atomic E-state index is -3.76. The number of carbonyl (C=O) groups is 1. The molecule has 0 aliphatic heterocycles. The molecular formula is C14H12N4O3S2. The van der Waals surface area contributed by atoms with Gasteiger partial charge in [-0.3, -0.25) is 4.79 Å². The van der Waals surface area contributed by atoms with Gasteiger partial charge in [0.2, 0.25) is 10.0 Å². The van der Waals surface area contributed by atoms with Crippen LogP contribution in [0.15, 0.2) is 52.9 Å². The van der Waals surface area contributed by atoms with Crippen LogP contribution in [0.25, 0.3) is 16.3 Å². The molecule has 0 aliphatic carbocycles. The number of primary amides is 1. The molecule has 0 bridgehead atoms. The Hall–Kier alpha value is -2.49. The molecule has 0 fully saturated rings. The number of benzene rings is 1. The molecule has 3 rings (SSSR count). The Labute approximate surface area is 136 Å². The number of amides is 1. The van der Waals surface area contributed by atoms with Crippen molar-refractivity contribution >= 4 is 27.3 Å². The van der Waals surface area contributed by atoms with Gasteiger partial charge in [0.05, 0.1) is 21.0 Å². The zero-order valence-corrected chi connectivity index (χ0v) is 13.3. The SMILES string of the molecule is NC(=O)c1cn(-c2ccc(S(N)(=O)=O)cc2)nc1-c1cccs1. The second-order valence-corrected chi connectivity index (χ2v) is 7.23. The van der Waals surface area contributed by atoms with Crippen molar-refractivity contribution in [3.63, 3.8) is 0 Å². The number of rotatable bonds is 4. The molecule has 23 heavy (non-hydrogen) atoms. The number of aromatic nitrogens is 2. The highest BCUT2D eigenvalue weighted by Crippen LogP contribution is 2.27. The molecule has 0 atom stereocenters. The molecule has 0 saturated heterocycles. The molecule has 2 aromatic heterocycles. The van der Waals surface area contributed by atoms with Crippen LogP contribution >= 0.6 is 11.3 Å². The van der Waals surface area contributed by atoms with E-state index in [1.165, 1.54) is 34.3 Å². The molecule has 0 aliphatic rings. The lowest BCUT2D eigenvalue weighted by Crippen LogP contribution is -2.12. The van der Waals surface area contributed by atoms with Gasteiger partial charge in [0.15, 0.2) is 0 Å². The lowest BCUT2D eigenvalue weighted by atomic mass is 10.2. The van der Waals surface area contributed by atoms with E-state index in [4.69, 9.17) is 10.9 Å². The summed E-state index contributed by atoms with van der Waals surface area (Å²) in [6.07, 6.45) is 1.52. The van der Waals surface area contributed by atoms with Crippen LogP contribution in [0.4, 0.5) is 0 Å². The first kappa shape index (κ1) is 15.4. The molecule has 2 heterocycles. The van der Waals surface area contributed by atoms with Crippen LogP contribution in [-0.4, -0.2) is 24.1 Å². The topological polar surface area (TPSA) is 121 Å². The fraction of sp³-hybridized carbons (Fsp3) is 0. The average Bonchev–Trinajstić information content (AvgIpc) is 3.15. The zero-order valence-electron chi connectivity index (χ0n) is 11.7. The van der Waals surface area contributed by atoms with E-state index >= 15 is 0 Å². The van der Waals surface area contributed by atoms with E-state index in [2.05, 4.69) is 5.10 Å². The maximum absolute atomic E-state index is 11.6. The number of nitrogens with two attached hydrogens (primary N) is 2. The molecule has 9 heteroatoms. The molecule has 0 unspecified atom stereocenters. The zero-order chi connectivity index (χ0) is 16.6. The highest BCUT2D eigenvalue weighted by Gasteiger charge is 2.17. The Balaban J connectivity index is 2.07. The Bertz CT molecular complexity index is 958. The van der Waals surface area contributed by atoms with Crippen LogP contribution in [0.5, 0.6) is 0 Å². The van der Waals surface area contributed by atoms with Crippen LogP contribution in [0, 0.1) is 0 Å². The molecule has 0 saturated carbocycles. The highest BCUT2D eigenvalue weighted by molar-refractivity contribution is 7.89. The number of hydrogen-bond donors (Lipinski definition) is 2. The number of sulfonamides is 1. The Morgan fingerprint density at radius 3 is 2.39 bits per heavy atom. The summed E-state index contributed by atoms with van der Waals surface area (Å²) in [4.78, 5) is 12.4. The average molecular weight is 348 g/mol. The highest BCUT2D eigenvalue weighted by atomic mass is 32.2. The van der Waals surface area contributed by atoms with Gasteiger partial charge in [0.1, 0.15) is 5.69 Å². The summed E-state index contributed by atoms with van der Waals surface area (Å²) in [5.74, 6) is -0.583. The van der Waals surface area contributed by atoms with Gasteiger partial charge in [-0.2, -0.15) is 5.10 Å². The van der Waals surface area contributed by atoms with Crippen molar-refractivity contribution in [3.8, 4) is 16.3 Å². The third kappa shape index (κ3) is 3.02. The van der Waals surface area contributed by atoms with Gasteiger partial charge >= 0.3 is 0 Å². The molecule has 3 aromatic rings. The predicted molar refractivity (Wildman–Crippen MR) is 86.8 cm³/mol. The van der Waals surface area contributed by atoms with Crippen molar-refractivity contribution in [3.05, 3.63) is 53.5 Å². The minimum Gasteiger partial charge on any atom is -0.365 e. The standard InChI is InChI=1S/C14H12N4O3S2/c15-14(19)11-8-18(17-13(11)12-2-1-7-22-12)9-3-5-10(6-4-9)23(16,20)21/h1-8H,(H2,15,19)(H2,16,20,21). The second kappa shape index (κ2) is 5.61. The van der Waals surface area contributed by atoms with Gasteiger partial charge in [-0.25, -0.2) is 18.2 Å². The fourth-order valence-corrected chi connectivity index (χ4v) is 3.31. The van der Waals surface area contributed by atoms with Crippen molar-refractivity contribution in [2.75, 3.05) is 0 Å². The van der Waals surface area contributed by atoms with Crippen LogP contribution in [0.3, 0.4) is 0 Å². The fourth-order valence-electron chi connectivity index (χ4n) is 2.07. The van der Waals surface area contributed by atoms with Crippen molar-refractivity contribution < 1.29 is 13.2 Å². The summed E-state index contributed by atoms with van der Waals surface area (Å²) in [7, 11) is -3.76. The number of thiophene rings is 1. The number of primary sulfonamides is 1. The third-order valence-corrected chi connectivity index (χ3v) is 4.97. The molecule has 1 amide bonds. The maximum atomic E-state index is 11.6. The van der Waals surface area contributed by atoms with Gasteiger partial charge in [0.25, 0.3) is 5.91 Å². The Morgan fingerprint density at radius 1 is 1.17 bits per heavy atom. The molecule has 1 aromatic carbocycles. The third-order valence-electron chi connectivity index (χ3n) is 3.16. The summed E-state index contributed by atoms with van der Waals surface area (Å²) in [6, 6.07) is 9.55. The van der Waals surface area contributed by atoms with Crippen molar-refractivity contribution in [1.29, 1.82) is 0 Å². The lowest BCUT2D eigenvalue weighted by Gasteiger charge is -2.02. The van der Waals surface area contributed by atoms with Gasteiger partial charge < -0.3 is 5.73 Å². The van der Waals surface area contributed by atoms with Crippen LogP contribution in [-0.2, 0) is 10.0 Å². The summed E-state index contributed by atoms with van der Waals surface area (Å²) in [6.45, 7) is 0. The van der Waals surface area contributed by atoms with Crippen LogP contribution in [0.2, 0.25) is 0 Å². The van der Waals surface area contributed by atoms with Crippen LogP contribution < -0.4 is 10.9 Å². The van der Waals surface area contributed by atoms with E-state index in [1.54, 1.807) is 12.1 Å². The molecule has 118 valence electrons. The molecule has 4 N–H and O–H groups in total. The molecule has 0 spiro atoms. The van der Waals surface area contributed by atoms with Gasteiger partial charge in [-0.05, 0) is 35.7 Å². The van der Waals surface area contributed by atoms with Gasteiger partial charge in [0, 0.05) is 6.20 Å². The summed E-state index contributed by atoms with van der Waals surface area (Å²) >= 11 is 1.44. The monoisotopic (exact) mass is 348 g/mol. The smallest absolute Gasteiger partial charge is 0.252 e. The van der Waals surface area contributed by atoms with E-state index < -0.39 is 15.9 Å². The normalized spacial score (nSPS) is 11.5. The molecule has 0 radical (unpaired) electrons. The first-order valence-electron chi connectivity index (χ1n) is 6.43. The Morgan fingerprint density at radius 2 is 1.87 bits per heavy atom. The van der Waals surface area contributed by atoms with Crippen molar-refractivity contribution in [1.82, 2.24) is 9.78 Å². The first-order valence-corrected chi connectivity index (χ1v) is 8.85. The number of hydrogen-bond acceptors (Lipinski definition) is 5. The minimum absolute atomic E-state index is 0.00186. The maximum Gasteiger partial charge on any atom is 0.252 e. The van der Waals surface area contributed by atoms with E-state index in [0.29, 0.717) is 16.9 Å². The second-order valence-electron chi connectivity index (χ2n) is 4.72. The summed E-state index contributed by atoms with van der Waals surface area (Å²) in [5, 5.41) is 11.3. The first-order chi connectivity index (χ1) is 10.9. The summed E-state index contributed by atoms with van der Waals surface area (Å²) < 4.78 is 24.0. The Kier molecular flexibility index (Phi) is 3.76. The van der Waals surface area contributed by atoms with E-state index in [9.17, 15) is 13.2 Å². The van der Waals surface area contributed by atoms with E-state index in [0.717, 1.165) is 4.88 Å². The van der Waals surface area contributed by atoms with Crippen LogP contribution in [0.1, 0.15) is 10.4 Å². The molecule has 7 nitrogen and oxygen atoms in total. The van der Waals surface area contributed by atoms with E-state index in [1.807, 2.05) is 17.5 Å².